The van der Waals surface area contributed by atoms with Crippen molar-refractivity contribution in [2.24, 2.45) is 5.92 Å². The number of nitrogens with zero attached hydrogens (tertiary/aromatic N) is 1. The molecule has 3 nitrogen and oxygen atoms in total. The number of hydrogen-bond donors (Lipinski definition) is 0. The molecule has 0 saturated carbocycles. The minimum absolute atomic E-state index is 0.200. The standard InChI is InChI=1S/C12H17NO2/c1-10(2)6-8-15-12(14)9-11-5-3-4-7-13-11/h3-5,7,10H,6,8-9H2,1-2H3. The normalized spacial score (nSPS) is 10.3. The Balaban J connectivity index is 2.25. The van der Waals surface area contributed by atoms with E-state index in [1.54, 1.807) is 6.20 Å². The van der Waals surface area contributed by atoms with E-state index in [2.05, 4.69) is 18.8 Å². The van der Waals surface area contributed by atoms with Crippen LogP contribution in [0.2, 0.25) is 0 Å². The molecule has 0 atom stereocenters. The van der Waals surface area contributed by atoms with Crippen LogP contribution in [0.3, 0.4) is 0 Å². The van der Waals surface area contributed by atoms with Gasteiger partial charge in [0.15, 0.2) is 0 Å². The minimum atomic E-state index is -0.200. The zero-order valence-corrected chi connectivity index (χ0v) is 9.27. The van der Waals surface area contributed by atoms with E-state index in [-0.39, 0.29) is 12.4 Å². The first-order valence-electron chi connectivity index (χ1n) is 5.24. The average molecular weight is 207 g/mol. The largest absolute Gasteiger partial charge is 0.465 e. The third kappa shape index (κ3) is 5.15. The number of esters is 1. The molecule has 0 unspecified atom stereocenters. The predicted octanol–water partition coefficient (Wildman–Crippen LogP) is 2.21. The summed E-state index contributed by atoms with van der Waals surface area (Å²) in [5.74, 6) is 0.363. The fourth-order valence-electron chi connectivity index (χ4n) is 1.11. The van der Waals surface area contributed by atoms with Gasteiger partial charge in [0.05, 0.1) is 18.7 Å². The van der Waals surface area contributed by atoms with Crippen molar-refractivity contribution >= 4 is 5.97 Å². The first-order valence-corrected chi connectivity index (χ1v) is 5.24. The van der Waals surface area contributed by atoms with Gasteiger partial charge in [-0.05, 0) is 24.5 Å². The number of rotatable bonds is 5. The second-order valence-electron chi connectivity index (χ2n) is 3.90. The second kappa shape index (κ2) is 6.17. The molecule has 15 heavy (non-hydrogen) atoms. The van der Waals surface area contributed by atoms with Gasteiger partial charge in [-0.2, -0.15) is 0 Å². The zero-order valence-electron chi connectivity index (χ0n) is 9.27. The van der Waals surface area contributed by atoms with E-state index in [9.17, 15) is 4.79 Å². The number of hydrogen-bond acceptors (Lipinski definition) is 3. The third-order valence-electron chi connectivity index (χ3n) is 2.01. The summed E-state index contributed by atoms with van der Waals surface area (Å²) in [5, 5.41) is 0. The van der Waals surface area contributed by atoms with Gasteiger partial charge >= 0.3 is 5.97 Å². The lowest BCUT2D eigenvalue weighted by molar-refractivity contribution is -0.143. The smallest absolute Gasteiger partial charge is 0.311 e. The minimum Gasteiger partial charge on any atom is -0.465 e. The SMILES string of the molecule is CC(C)CCOC(=O)Cc1ccccn1. The summed E-state index contributed by atoms with van der Waals surface area (Å²) < 4.78 is 5.08. The van der Waals surface area contributed by atoms with Gasteiger partial charge in [0.2, 0.25) is 0 Å². The first kappa shape index (κ1) is 11.7. The van der Waals surface area contributed by atoms with Crippen LogP contribution in [0.5, 0.6) is 0 Å². The molecule has 0 aromatic carbocycles. The Labute approximate surface area is 90.5 Å². The number of ether oxygens (including phenoxy) is 1. The monoisotopic (exact) mass is 207 g/mol. The van der Waals surface area contributed by atoms with E-state index in [1.165, 1.54) is 0 Å². The number of carbonyl (C=O) groups is 1. The van der Waals surface area contributed by atoms with Gasteiger partial charge in [-0.3, -0.25) is 9.78 Å². The van der Waals surface area contributed by atoms with E-state index >= 15 is 0 Å². The van der Waals surface area contributed by atoms with Gasteiger partial charge in [-0.25, -0.2) is 0 Å². The summed E-state index contributed by atoms with van der Waals surface area (Å²) in [6, 6.07) is 5.51. The Morgan fingerprint density at radius 2 is 2.27 bits per heavy atom. The van der Waals surface area contributed by atoms with Crippen LogP contribution in [0.4, 0.5) is 0 Å². The molecule has 1 heterocycles. The van der Waals surface area contributed by atoms with E-state index < -0.39 is 0 Å². The Morgan fingerprint density at radius 3 is 2.87 bits per heavy atom. The second-order valence-corrected chi connectivity index (χ2v) is 3.90. The molecular weight excluding hydrogens is 190 g/mol. The third-order valence-corrected chi connectivity index (χ3v) is 2.01. The molecule has 0 fully saturated rings. The van der Waals surface area contributed by atoms with Crippen LogP contribution < -0.4 is 0 Å². The maximum absolute atomic E-state index is 11.3. The van der Waals surface area contributed by atoms with Crippen LogP contribution >= 0.6 is 0 Å². The fraction of sp³-hybridized carbons (Fsp3) is 0.500. The lowest BCUT2D eigenvalue weighted by Gasteiger charge is -2.06. The van der Waals surface area contributed by atoms with E-state index in [0.29, 0.717) is 12.5 Å². The van der Waals surface area contributed by atoms with Gasteiger partial charge in [0, 0.05) is 6.20 Å². The van der Waals surface area contributed by atoms with Crippen molar-refractivity contribution in [2.45, 2.75) is 26.7 Å². The van der Waals surface area contributed by atoms with Gasteiger partial charge in [-0.15, -0.1) is 0 Å². The van der Waals surface area contributed by atoms with Gasteiger partial charge in [0.25, 0.3) is 0 Å². The molecule has 82 valence electrons. The summed E-state index contributed by atoms with van der Waals surface area (Å²) >= 11 is 0. The highest BCUT2D eigenvalue weighted by atomic mass is 16.5. The molecule has 0 saturated heterocycles. The summed E-state index contributed by atoms with van der Waals surface area (Å²) in [4.78, 5) is 15.4. The number of aromatic nitrogens is 1. The molecular formula is C12H17NO2. The highest BCUT2D eigenvalue weighted by Crippen LogP contribution is 2.01. The van der Waals surface area contributed by atoms with Crippen LogP contribution in [0.25, 0.3) is 0 Å². The van der Waals surface area contributed by atoms with Crippen molar-refractivity contribution in [3.05, 3.63) is 30.1 Å². The van der Waals surface area contributed by atoms with Crippen molar-refractivity contribution < 1.29 is 9.53 Å². The van der Waals surface area contributed by atoms with Gasteiger partial charge in [-0.1, -0.05) is 19.9 Å². The summed E-state index contributed by atoms with van der Waals surface area (Å²) in [7, 11) is 0. The van der Waals surface area contributed by atoms with Crippen molar-refractivity contribution in [2.75, 3.05) is 6.61 Å². The van der Waals surface area contributed by atoms with Crippen molar-refractivity contribution in [3.8, 4) is 0 Å². The molecule has 0 bridgehead atoms. The molecule has 0 aliphatic carbocycles. The van der Waals surface area contributed by atoms with Crippen LogP contribution in [0.1, 0.15) is 26.0 Å². The maximum Gasteiger partial charge on any atom is 0.311 e. The molecule has 0 aliphatic heterocycles. The highest BCUT2D eigenvalue weighted by molar-refractivity contribution is 5.71. The van der Waals surface area contributed by atoms with Crippen molar-refractivity contribution in [3.63, 3.8) is 0 Å². The quantitative estimate of drug-likeness (QED) is 0.695. The molecule has 0 amide bonds. The number of pyridine rings is 1. The summed E-state index contributed by atoms with van der Waals surface area (Å²) in [6.45, 7) is 4.71. The Morgan fingerprint density at radius 1 is 1.47 bits per heavy atom. The van der Waals surface area contributed by atoms with Gasteiger partial charge < -0.3 is 4.74 Å². The topological polar surface area (TPSA) is 39.2 Å². The molecule has 1 aromatic rings. The lowest BCUT2D eigenvalue weighted by atomic mass is 10.1. The molecule has 0 aliphatic rings. The Hall–Kier alpha value is -1.38. The Kier molecular flexibility index (Phi) is 4.81. The van der Waals surface area contributed by atoms with Crippen LogP contribution in [0.15, 0.2) is 24.4 Å². The van der Waals surface area contributed by atoms with E-state index in [4.69, 9.17) is 4.74 Å². The first-order chi connectivity index (χ1) is 7.18. The van der Waals surface area contributed by atoms with Crippen molar-refractivity contribution in [1.82, 2.24) is 4.98 Å². The summed E-state index contributed by atoms with van der Waals surface area (Å²) in [6.07, 6.45) is 2.85. The van der Waals surface area contributed by atoms with E-state index in [1.807, 2.05) is 18.2 Å². The average Bonchev–Trinajstić information content (AvgIpc) is 2.18. The predicted molar refractivity (Wildman–Crippen MR) is 58.4 cm³/mol. The van der Waals surface area contributed by atoms with Gasteiger partial charge in [0.1, 0.15) is 0 Å². The highest BCUT2D eigenvalue weighted by Gasteiger charge is 2.05. The molecule has 0 N–H and O–H groups in total. The van der Waals surface area contributed by atoms with Crippen molar-refractivity contribution in [1.29, 1.82) is 0 Å². The number of carbonyl (C=O) groups excluding carboxylic acids is 1. The van der Waals surface area contributed by atoms with Crippen LogP contribution in [-0.4, -0.2) is 17.6 Å². The van der Waals surface area contributed by atoms with E-state index in [0.717, 1.165) is 12.1 Å². The van der Waals surface area contributed by atoms with Crippen LogP contribution in [-0.2, 0) is 16.0 Å². The molecule has 0 spiro atoms. The molecule has 1 rings (SSSR count). The fourth-order valence-corrected chi connectivity index (χ4v) is 1.11. The maximum atomic E-state index is 11.3. The Bertz CT molecular complexity index is 296. The molecule has 0 radical (unpaired) electrons. The molecule has 3 heteroatoms. The molecule has 1 aromatic heterocycles. The van der Waals surface area contributed by atoms with Crippen LogP contribution in [0, 0.1) is 5.92 Å². The summed E-state index contributed by atoms with van der Waals surface area (Å²) in [5.41, 5.74) is 0.757. The zero-order chi connectivity index (χ0) is 11.1. The lowest BCUT2D eigenvalue weighted by Crippen LogP contribution is -2.11.